The normalized spacial score (nSPS) is 22.1. The molecule has 0 amide bonds. The quantitative estimate of drug-likeness (QED) is 0.381. The number of ketones is 1. The van der Waals surface area contributed by atoms with Gasteiger partial charge in [-0.3, -0.25) is 9.46 Å². The molecule has 0 aliphatic carbocycles. The van der Waals surface area contributed by atoms with Crippen molar-refractivity contribution in [2.24, 2.45) is 0 Å². The zero-order chi connectivity index (χ0) is 14.6. The number of carbonyl (C=O) groups is 1. The molecule has 0 aromatic rings. The van der Waals surface area contributed by atoms with E-state index in [2.05, 4.69) is 58.2 Å². The lowest BCUT2D eigenvalue weighted by Crippen LogP contribution is -2.30. The van der Waals surface area contributed by atoms with E-state index in [0.29, 0.717) is 12.3 Å². The van der Waals surface area contributed by atoms with Crippen molar-refractivity contribution in [3.8, 4) is 0 Å². The van der Waals surface area contributed by atoms with Gasteiger partial charge in [0, 0.05) is 27.4 Å². The summed E-state index contributed by atoms with van der Waals surface area (Å²) >= 11 is 0. The Morgan fingerprint density at radius 1 is 1.11 bits per heavy atom. The second kappa shape index (κ2) is 11.4. The smallest absolute Gasteiger partial charge is 0.147 e. The monoisotopic (exact) mass is 483 g/mol. The maximum Gasteiger partial charge on any atom is 0.147 e. The predicted octanol–water partition coefficient (Wildman–Crippen LogP) is 6.97. The Kier molecular flexibility index (Phi) is 13.1. The number of hydrogen-bond donors (Lipinski definition) is 0. The summed E-state index contributed by atoms with van der Waals surface area (Å²) in [5.41, 5.74) is 0. The first-order chi connectivity index (χ1) is 8.88. The van der Waals surface area contributed by atoms with E-state index in [4.69, 9.17) is 0 Å². The van der Waals surface area contributed by atoms with Crippen LogP contribution in [0.2, 0.25) is 0 Å². The van der Waals surface area contributed by atoms with Crippen molar-refractivity contribution in [3.05, 3.63) is 0 Å². The van der Waals surface area contributed by atoms with Gasteiger partial charge in [0.05, 0.1) is 6.54 Å². The van der Waals surface area contributed by atoms with Gasteiger partial charge in [-0.2, -0.15) is 0 Å². The summed E-state index contributed by atoms with van der Waals surface area (Å²) in [5.74, 6) is 0.447. The molecule has 2 nitrogen and oxygen atoms in total. The Morgan fingerprint density at radius 3 is 2.11 bits per heavy atom. The van der Waals surface area contributed by atoms with Crippen LogP contribution in [0, 0.1) is 0 Å². The van der Waals surface area contributed by atoms with Crippen LogP contribution in [0.1, 0.15) is 12.8 Å². The average molecular weight is 483 g/mol. The maximum absolute atomic E-state index is 11.8. The molecular weight excluding hydrogens is 462 g/mol. The van der Waals surface area contributed by atoms with Crippen molar-refractivity contribution in [1.29, 1.82) is 0 Å². The number of carbonyl (C=O) groups excluding carboxylic acids is 1. The third-order valence-corrected chi connectivity index (χ3v) is 67.1. The molecule has 112 valence electrons. The van der Waals surface area contributed by atoms with Gasteiger partial charge in [-0.1, -0.05) is 7.96 Å². The molecule has 0 saturated carbocycles. The molecule has 0 radical (unpaired) electrons. The highest BCUT2D eigenvalue weighted by Gasteiger charge is 2.37. The molecule has 1 saturated heterocycles. The highest BCUT2D eigenvalue weighted by molar-refractivity contribution is 9.17. The first-order valence-corrected chi connectivity index (χ1v) is 26.6. The minimum Gasteiger partial charge on any atom is -0.298 e. The molecule has 19 heavy (non-hydrogen) atoms. The second-order valence-corrected chi connectivity index (χ2v) is 47.2. The molecule has 0 N–H and O–H groups in total. The summed E-state index contributed by atoms with van der Waals surface area (Å²) in [5, 5.41) is 0. The lowest BCUT2D eigenvalue weighted by Gasteiger charge is -2.44. The number of Topliss-reactive ketones (excluding diaryl/α,β-unsaturated/α-hetero) is 1. The van der Waals surface area contributed by atoms with Crippen LogP contribution in [0.15, 0.2) is 0 Å². The fourth-order valence-electron chi connectivity index (χ4n) is 1.66. The molecule has 0 bridgehead atoms. The lowest BCUT2D eigenvalue weighted by molar-refractivity contribution is -0.120. The minimum absolute atomic E-state index is 0.00765. The van der Waals surface area contributed by atoms with Gasteiger partial charge in [0.25, 0.3) is 0 Å². The molecule has 1 aliphatic rings. The van der Waals surface area contributed by atoms with Crippen LogP contribution in [-0.4, -0.2) is 23.5 Å². The van der Waals surface area contributed by atoms with Gasteiger partial charge in [-0.15, -0.1) is 53.6 Å². The van der Waals surface area contributed by atoms with E-state index in [1.54, 1.807) is 0 Å². The fourth-order valence-corrected chi connectivity index (χ4v) is 97.4. The van der Waals surface area contributed by atoms with Crippen molar-refractivity contribution in [2.75, 3.05) is 13.1 Å². The Bertz CT molecular complexity index is 292. The van der Waals surface area contributed by atoms with Crippen molar-refractivity contribution in [2.45, 2.75) is 12.8 Å². The highest BCUT2D eigenvalue weighted by atomic mass is 33.2. The first-order valence-electron chi connectivity index (χ1n) is 5.35. The molecule has 1 fully saturated rings. The fraction of sp³-hybridized carbons (Fsp3) is 0.800. The summed E-state index contributed by atoms with van der Waals surface area (Å²) in [6, 6.07) is 0. The Hall–Kier alpha value is 4.79. The Morgan fingerprint density at radius 2 is 1.68 bits per heavy atom. The molecule has 1 heterocycles. The van der Waals surface area contributed by atoms with Gasteiger partial charge in [0.15, 0.2) is 0 Å². The molecule has 1 rings (SSSR count). The average Bonchev–Trinajstić information content (AvgIpc) is 2.33. The van der Waals surface area contributed by atoms with Gasteiger partial charge in [0.2, 0.25) is 0 Å². The van der Waals surface area contributed by atoms with Crippen LogP contribution in [0.4, 0.5) is 0 Å². The summed E-state index contributed by atoms with van der Waals surface area (Å²) in [7, 11) is 19.1. The van der Waals surface area contributed by atoms with Crippen LogP contribution < -0.4 is 0 Å². The zero-order valence-corrected chi connectivity index (χ0v) is 22.8. The third-order valence-electron chi connectivity index (χ3n) is 2.38. The van der Waals surface area contributed by atoms with Gasteiger partial charge in [-0.25, -0.2) is 0 Å². The van der Waals surface area contributed by atoms with Crippen molar-refractivity contribution >= 4 is 103 Å². The van der Waals surface area contributed by atoms with E-state index in [1.807, 2.05) is 0 Å². The first kappa shape index (κ1) is 21.8. The van der Waals surface area contributed by atoms with E-state index in [1.165, 1.54) is 0 Å². The number of rotatable bonds is 6. The molecule has 9 atom stereocenters. The van der Waals surface area contributed by atoms with Crippen molar-refractivity contribution in [3.63, 3.8) is 0 Å². The largest absolute Gasteiger partial charge is 0.298 e. The summed E-state index contributed by atoms with van der Waals surface area (Å²) in [6.45, 7) is 1.68. The van der Waals surface area contributed by atoms with Crippen LogP contribution in [0.5, 0.6) is 0 Å². The Labute approximate surface area is 137 Å². The molecule has 0 aromatic heterocycles. The molecule has 14 heteroatoms. The van der Waals surface area contributed by atoms with Gasteiger partial charge in [-0.05, 0) is 27.4 Å². The molecule has 0 spiro atoms. The van der Waals surface area contributed by atoms with Crippen LogP contribution >= 0.6 is 96.9 Å². The molecule has 9 unspecified atom stereocenters. The summed E-state index contributed by atoms with van der Waals surface area (Å²) in [6.07, 6.45) is 1.86. The third kappa shape index (κ3) is 7.28. The van der Waals surface area contributed by atoms with Crippen molar-refractivity contribution in [1.82, 2.24) is 4.67 Å². The van der Waals surface area contributed by atoms with E-state index in [-0.39, 0.29) is 35.4 Å². The van der Waals surface area contributed by atoms with Gasteiger partial charge < -0.3 is 0 Å². The highest BCUT2D eigenvalue weighted by Crippen LogP contribution is 3.15. The van der Waals surface area contributed by atoms with E-state index >= 15 is 0 Å². The van der Waals surface area contributed by atoms with E-state index in [9.17, 15) is 4.79 Å². The second-order valence-electron chi connectivity index (χ2n) is 3.80. The predicted molar refractivity (Wildman–Crippen MR) is 127 cm³/mol. The molecule has 1 aliphatic heterocycles. The number of piperidine rings is 1. The van der Waals surface area contributed by atoms with Crippen LogP contribution in [0.3, 0.4) is 0 Å². The number of hydrogen-bond acceptors (Lipinski definition) is 2. The Balaban J connectivity index is 2.95. The van der Waals surface area contributed by atoms with Crippen molar-refractivity contribution < 1.29 is 4.79 Å². The SMILES string of the molecule is O=C1CCCN(P(P(P)PP)P(P(P)P)P(P)P)C1. The lowest BCUT2D eigenvalue weighted by atomic mass is 10.1. The standard InChI is InChI=1S/C5H21NOP12/c7-5-2-1-3-6(4-5)15(18(13)14-8)19(16(9)10)17(11)12/h14H,1-4,8-13H2. The topological polar surface area (TPSA) is 20.3 Å². The van der Waals surface area contributed by atoms with Crippen LogP contribution in [-0.2, 0) is 4.79 Å². The molecular formula is C5H21NOP12. The molecule has 0 aromatic carbocycles. The maximum atomic E-state index is 11.8. The van der Waals surface area contributed by atoms with Crippen LogP contribution in [0.25, 0.3) is 0 Å². The van der Waals surface area contributed by atoms with E-state index < -0.39 is 0 Å². The minimum atomic E-state index is -0.138. The summed E-state index contributed by atoms with van der Waals surface area (Å²) < 4.78 is 2.57. The summed E-state index contributed by atoms with van der Waals surface area (Å²) in [4.78, 5) is 11.8. The van der Waals surface area contributed by atoms with E-state index in [0.717, 1.165) is 27.3 Å². The van der Waals surface area contributed by atoms with Gasteiger partial charge in [0.1, 0.15) is 5.78 Å². The zero-order valence-electron chi connectivity index (χ0n) is 10.4. The number of nitrogens with zero attached hydrogens (tertiary/aromatic N) is 1. The van der Waals surface area contributed by atoms with Gasteiger partial charge >= 0.3 is 0 Å².